The van der Waals surface area contributed by atoms with Crippen molar-refractivity contribution in [3.05, 3.63) is 0 Å². The minimum absolute atomic E-state index is 0.422. The standard InChI is InChI=1S/C11H23NOS/c1-3-9(2)6-14-8-11(13,7-12)10-4-5-10/h9-10,13H,3-8,12H2,1-2H3. The molecule has 1 fully saturated rings. The maximum atomic E-state index is 10.2. The molecule has 0 amide bonds. The van der Waals surface area contributed by atoms with E-state index in [9.17, 15) is 5.11 Å². The van der Waals surface area contributed by atoms with Crippen LogP contribution in [0.5, 0.6) is 0 Å². The van der Waals surface area contributed by atoms with E-state index in [4.69, 9.17) is 5.73 Å². The largest absolute Gasteiger partial charge is 0.387 e. The first kappa shape index (κ1) is 12.3. The maximum Gasteiger partial charge on any atom is 0.0887 e. The monoisotopic (exact) mass is 217 g/mol. The molecule has 1 aliphatic carbocycles. The normalized spacial score (nSPS) is 23.1. The van der Waals surface area contributed by atoms with Crippen molar-refractivity contribution in [2.45, 2.75) is 38.7 Å². The van der Waals surface area contributed by atoms with Gasteiger partial charge in [-0.3, -0.25) is 0 Å². The number of nitrogens with two attached hydrogens (primary N) is 1. The number of aliphatic hydroxyl groups is 1. The SMILES string of the molecule is CCC(C)CSCC(O)(CN)C1CC1. The zero-order chi connectivity index (χ0) is 10.6. The van der Waals surface area contributed by atoms with Crippen molar-refractivity contribution in [2.75, 3.05) is 18.1 Å². The summed E-state index contributed by atoms with van der Waals surface area (Å²) in [5.41, 5.74) is 5.06. The molecule has 0 bridgehead atoms. The quantitative estimate of drug-likeness (QED) is 0.684. The fourth-order valence-corrected chi connectivity index (χ4v) is 2.98. The van der Waals surface area contributed by atoms with Crippen LogP contribution < -0.4 is 5.73 Å². The van der Waals surface area contributed by atoms with Gasteiger partial charge in [0.25, 0.3) is 0 Å². The first-order valence-corrected chi connectivity index (χ1v) is 6.78. The Bertz CT molecular complexity index is 173. The van der Waals surface area contributed by atoms with Gasteiger partial charge in [0.1, 0.15) is 0 Å². The molecule has 2 atom stereocenters. The van der Waals surface area contributed by atoms with Crippen LogP contribution >= 0.6 is 11.8 Å². The van der Waals surface area contributed by atoms with Crippen LogP contribution in [0.25, 0.3) is 0 Å². The second-order valence-electron chi connectivity index (χ2n) is 4.61. The van der Waals surface area contributed by atoms with Crippen molar-refractivity contribution in [1.82, 2.24) is 0 Å². The van der Waals surface area contributed by atoms with Crippen LogP contribution in [0, 0.1) is 11.8 Å². The van der Waals surface area contributed by atoms with Crippen LogP contribution in [0.2, 0.25) is 0 Å². The summed E-state index contributed by atoms with van der Waals surface area (Å²) < 4.78 is 0. The number of hydrogen-bond donors (Lipinski definition) is 2. The van der Waals surface area contributed by atoms with Crippen LogP contribution in [-0.4, -0.2) is 28.8 Å². The lowest BCUT2D eigenvalue weighted by Crippen LogP contribution is -2.42. The average molecular weight is 217 g/mol. The number of hydrogen-bond acceptors (Lipinski definition) is 3. The fraction of sp³-hybridized carbons (Fsp3) is 1.00. The van der Waals surface area contributed by atoms with Crippen LogP contribution in [0.1, 0.15) is 33.1 Å². The molecule has 84 valence electrons. The van der Waals surface area contributed by atoms with Gasteiger partial charge in [-0.15, -0.1) is 0 Å². The van der Waals surface area contributed by atoms with E-state index in [1.807, 2.05) is 11.8 Å². The molecule has 0 heterocycles. The highest BCUT2D eigenvalue weighted by atomic mass is 32.2. The summed E-state index contributed by atoms with van der Waals surface area (Å²) in [5, 5.41) is 10.2. The lowest BCUT2D eigenvalue weighted by Gasteiger charge is -2.26. The van der Waals surface area contributed by atoms with E-state index < -0.39 is 5.60 Å². The minimum Gasteiger partial charge on any atom is -0.387 e. The van der Waals surface area contributed by atoms with Crippen molar-refractivity contribution in [2.24, 2.45) is 17.6 Å². The molecule has 0 aromatic heterocycles. The first-order valence-electron chi connectivity index (χ1n) is 5.62. The van der Waals surface area contributed by atoms with Crippen molar-refractivity contribution in [1.29, 1.82) is 0 Å². The summed E-state index contributed by atoms with van der Waals surface area (Å²) in [7, 11) is 0. The molecule has 0 saturated heterocycles. The topological polar surface area (TPSA) is 46.2 Å². The second kappa shape index (κ2) is 5.38. The van der Waals surface area contributed by atoms with Gasteiger partial charge in [0.2, 0.25) is 0 Å². The summed E-state index contributed by atoms with van der Waals surface area (Å²) in [6.45, 7) is 4.89. The van der Waals surface area contributed by atoms with E-state index in [0.29, 0.717) is 12.5 Å². The third kappa shape index (κ3) is 3.44. The van der Waals surface area contributed by atoms with Crippen molar-refractivity contribution in [3.8, 4) is 0 Å². The molecule has 1 saturated carbocycles. The summed E-state index contributed by atoms with van der Waals surface area (Å²) in [5.74, 6) is 3.20. The van der Waals surface area contributed by atoms with E-state index in [1.54, 1.807) is 0 Å². The molecule has 0 spiro atoms. The van der Waals surface area contributed by atoms with Crippen molar-refractivity contribution >= 4 is 11.8 Å². The molecule has 1 aliphatic rings. The van der Waals surface area contributed by atoms with Crippen LogP contribution in [0.3, 0.4) is 0 Å². The van der Waals surface area contributed by atoms with Crippen LogP contribution in [0.15, 0.2) is 0 Å². The third-order valence-electron chi connectivity index (χ3n) is 3.14. The average Bonchev–Trinajstić information content (AvgIpc) is 3.00. The van der Waals surface area contributed by atoms with E-state index in [0.717, 1.165) is 30.3 Å². The van der Waals surface area contributed by atoms with Gasteiger partial charge < -0.3 is 10.8 Å². The molecular weight excluding hydrogens is 194 g/mol. The Hall–Kier alpha value is 0.270. The lowest BCUT2D eigenvalue weighted by molar-refractivity contribution is 0.0510. The highest BCUT2D eigenvalue weighted by Gasteiger charge is 2.42. The smallest absolute Gasteiger partial charge is 0.0887 e. The zero-order valence-electron chi connectivity index (χ0n) is 9.33. The highest BCUT2D eigenvalue weighted by Crippen LogP contribution is 2.40. The maximum absolute atomic E-state index is 10.2. The molecular formula is C11H23NOS. The van der Waals surface area contributed by atoms with E-state index in [1.165, 1.54) is 6.42 Å². The molecule has 14 heavy (non-hydrogen) atoms. The van der Waals surface area contributed by atoms with Gasteiger partial charge in [0, 0.05) is 12.3 Å². The third-order valence-corrected chi connectivity index (χ3v) is 4.65. The predicted molar refractivity (Wildman–Crippen MR) is 63.5 cm³/mol. The minimum atomic E-state index is -0.571. The van der Waals surface area contributed by atoms with Crippen LogP contribution in [0.4, 0.5) is 0 Å². The summed E-state index contributed by atoms with van der Waals surface area (Å²) >= 11 is 1.86. The summed E-state index contributed by atoms with van der Waals surface area (Å²) in [6.07, 6.45) is 3.55. The Kier molecular flexibility index (Phi) is 4.74. The van der Waals surface area contributed by atoms with E-state index in [2.05, 4.69) is 13.8 Å². The van der Waals surface area contributed by atoms with Crippen molar-refractivity contribution < 1.29 is 5.11 Å². The number of rotatable bonds is 7. The molecule has 3 heteroatoms. The summed E-state index contributed by atoms with van der Waals surface area (Å²) in [6, 6.07) is 0. The molecule has 0 aromatic carbocycles. The molecule has 0 aliphatic heterocycles. The first-order chi connectivity index (χ1) is 6.62. The Morgan fingerprint density at radius 3 is 2.64 bits per heavy atom. The van der Waals surface area contributed by atoms with Gasteiger partial charge in [-0.25, -0.2) is 0 Å². The molecule has 0 radical (unpaired) electrons. The molecule has 0 aromatic rings. The van der Waals surface area contributed by atoms with E-state index in [-0.39, 0.29) is 0 Å². The van der Waals surface area contributed by atoms with Crippen molar-refractivity contribution in [3.63, 3.8) is 0 Å². The Labute approximate surface area is 91.6 Å². The fourth-order valence-electron chi connectivity index (χ4n) is 1.52. The van der Waals surface area contributed by atoms with Gasteiger partial charge in [-0.05, 0) is 30.4 Å². The van der Waals surface area contributed by atoms with Gasteiger partial charge in [-0.1, -0.05) is 20.3 Å². The highest BCUT2D eigenvalue weighted by molar-refractivity contribution is 7.99. The zero-order valence-corrected chi connectivity index (χ0v) is 10.1. The Morgan fingerprint density at radius 2 is 2.21 bits per heavy atom. The molecule has 3 N–H and O–H groups in total. The molecule has 1 rings (SSSR count). The summed E-state index contributed by atoms with van der Waals surface area (Å²) in [4.78, 5) is 0. The molecule has 2 unspecified atom stereocenters. The molecule has 2 nitrogen and oxygen atoms in total. The van der Waals surface area contributed by atoms with Crippen LogP contribution in [-0.2, 0) is 0 Å². The Balaban J connectivity index is 2.20. The van der Waals surface area contributed by atoms with Gasteiger partial charge in [-0.2, -0.15) is 11.8 Å². The van der Waals surface area contributed by atoms with E-state index >= 15 is 0 Å². The van der Waals surface area contributed by atoms with Gasteiger partial charge in [0.05, 0.1) is 5.60 Å². The van der Waals surface area contributed by atoms with Gasteiger partial charge in [0.15, 0.2) is 0 Å². The lowest BCUT2D eigenvalue weighted by atomic mass is 10.0. The Morgan fingerprint density at radius 1 is 1.57 bits per heavy atom. The predicted octanol–water partition coefficient (Wildman–Crippen LogP) is 1.87. The number of thioether (sulfide) groups is 1. The second-order valence-corrected chi connectivity index (χ2v) is 5.64. The van der Waals surface area contributed by atoms with Gasteiger partial charge >= 0.3 is 0 Å².